The molecule has 0 radical (unpaired) electrons. The molecule has 0 bridgehead atoms. The van der Waals surface area contributed by atoms with E-state index in [0.29, 0.717) is 0 Å². The van der Waals surface area contributed by atoms with Gasteiger partial charge in [-0.25, -0.2) is 0 Å². The van der Waals surface area contributed by atoms with Gasteiger partial charge in [-0.05, 0) is 24.3 Å². The third-order valence-electron chi connectivity index (χ3n) is 0.745. The highest BCUT2D eigenvalue weighted by molar-refractivity contribution is 4.93. The van der Waals surface area contributed by atoms with Crippen LogP contribution in [0.4, 0.5) is 0 Å². The Balaban J connectivity index is 3.32. The van der Waals surface area contributed by atoms with Crippen LogP contribution in [-0.2, 0) is 0 Å². The van der Waals surface area contributed by atoms with Crippen LogP contribution < -0.4 is 5.43 Å². The van der Waals surface area contributed by atoms with E-state index in [0.717, 1.165) is 0 Å². The fourth-order valence-electron chi connectivity index (χ4n) is 0.399. The van der Waals surface area contributed by atoms with Crippen LogP contribution >= 0.6 is 0 Å². The van der Waals surface area contributed by atoms with Gasteiger partial charge in [-0.2, -0.15) is 0 Å². The second-order valence-corrected chi connectivity index (χ2v) is 1.36. The van der Waals surface area contributed by atoms with Crippen LogP contribution in [0.25, 0.3) is 0 Å². The first-order valence-electron chi connectivity index (χ1n) is 2.28. The van der Waals surface area contributed by atoms with Crippen LogP contribution in [0.15, 0.2) is 29.1 Å². The van der Waals surface area contributed by atoms with Crippen LogP contribution in [0.1, 0.15) is 0 Å². The minimum absolute atomic E-state index is 0.0116. The lowest BCUT2D eigenvalue weighted by molar-refractivity contribution is 1.67. The van der Waals surface area contributed by atoms with Crippen molar-refractivity contribution in [2.24, 2.45) is 0 Å². The van der Waals surface area contributed by atoms with Gasteiger partial charge in [-0.3, -0.25) is 4.79 Å². The van der Waals surface area contributed by atoms with Gasteiger partial charge in [0.1, 0.15) is 0 Å². The molecule has 0 atom stereocenters. The Bertz CT molecular complexity index is 195. The largest absolute Gasteiger partial charge is 0.290 e. The quantitative estimate of drug-likeness (QED) is 0.472. The molecule has 1 aromatic carbocycles. The monoisotopic (exact) mass is 104 g/mol. The summed E-state index contributed by atoms with van der Waals surface area (Å²) in [7, 11) is 0. The molecule has 0 N–H and O–H groups in total. The van der Waals surface area contributed by atoms with Crippen molar-refractivity contribution in [3.63, 3.8) is 0 Å². The van der Waals surface area contributed by atoms with Crippen molar-refractivity contribution in [3.05, 3.63) is 46.6 Å². The first-order valence-corrected chi connectivity index (χ1v) is 2.28. The molecule has 1 rings (SSSR count). The number of hydrogen-bond acceptors (Lipinski definition) is 1. The molecule has 8 heavy (non-hydrogen) atoms. The third kappa shape index (κ3) is 1.09. The van der Waals surface area contributed by atoms with Crippen molar-refractivity contribution < 1.29 is 0 Å². The van der Waals surface area contributed by atoms with E-state index in [1.807, 2.05) is 0 Å². The number of hydrogen-bond donors (Lipinski definition) is 0. The lowest BCUT2D eigenvalue weighted by Crippen LogP contribution is -1.87. The molecule has 0 saturated carbocycles. The van der Waals surface area contributed by atoms with E-state index < -0.39 is 0 Å². The molecule has 1 aromatic rings. The molecule has 0 aliphatic rings. The molecule has 0 unspecified atom stereocenters. The fraction of sp³-hybridized carbons (Fsp3) is 0. The lowest BCUT2D eigenvalue weighted by atomic mass is 10.5. The summed E-state index contributed by atoms with van der Waals surface area (Å²) in [5.74, 6) is 0. The Labute approximate surface area is 47.6 Å². The molecule has 1 nitrogen and oxygen atoms in total. The molecule has 38 valence electrons. The van der Waals surface area contributed by atoms with E-state index in [9.17, 15) is 4.79 Å². The Morgan fingerprint density at radius 3 is 2.12 bits per heavy atom. The van der Waals surface area contributed by atoms with Gasteiger partial charge >= 0.3 is 0 Å². The fourth-order valence-corrected chi connectivity index (χ4v) is 0.399. The maximum atomic E-state index is 10.4. The second-order valence-electron chi connectivity index (χ2n) is 1.36. The van der Waals surface area contributed by atoms with Gasteiger partial charge in [0.25, 0.3) is 0 Å². The molecule has 0 saturated heterocycles. The summed E-state index contributed by atoms with van der Waals surface area (Å²) in [5.41, 5.74) is -0.0116. The van der Waals surface area contributed by atoms with Crippen molar-refractivity contribution in [2.45, 2.75) is 0 Å². The molecule has 0 spiro atoms. The van der Waals surface area contributed by atoms with Crippen molar-refractivity contribution in [1.82, 2.24) is 0 Å². The van der Waals surface area contributed by atoms with Crippen molar-refractivity contribution in [2.75, 3.05) is 0 Å². The highest BCUT2D eigenvalue weighted by Crippen LogP contribution is 1.64. The van der Waals surface area contributed by atoms with Gasteiger partial charge in [0.15, 0.2) is 5.43 Å². The zero-order valence-corrected chi connectivity index (χ0v) is 4.22. The normalized spacial score (nSPS) is 7.50. The molecular formula is C7H4O. The van der Waals surface area contributed by atoms with Crippen LogP contribution in [0.5, 0.6) is 0 Å². The van der Waals surface area contributed by atoms with Gasteiger partial charge in [-0.15, -0.1) is 0 Å². The summed E-state index contributed by atoms with van der Waals surface area (Å²) >= 11 is 0. The summed E-state index contributed by atoms with van der Waals surface area (Å²) < 4.78 is 0. The van der Waals surface area contributed by atoms with Crippen molar-refractivity contribution in [1.29, 1.82) is 0 Å². The Morgan fingerprint density at radius 1 is 1.12 bits per heavy atom. The zero-order valence-electron chi connectivity index (χ0n) is 4.22. The average Bonchev–Trinajstić information content (AvgIpc) is 1.94. The molecule has 0 fully saturated rings. The average molecular weight is 104 g/mol. The Kier molecular flexibility index (Phi) is 1.29. The molecule has 0 aliphatic heterocycles. The summed E-state index contributed by atoms with van der Waals surface area (Å²) in [4.78, 5) is 10.4. The Morgan fingerprint density at radius 2 is 1.62 bits per heavy atom. The zero-order chi connectivity index (χ0) is 5.82. The standard InChI is InChI=1S/C7H4O/c8-7-5-3-1-2-4-6-7/h3-6H. The summed E-state index contributed by atoms with van der Waals surface area (Å²) in [5, 5.41) is 0. The summed E-state index contributed by atoms with van der Waals surface area (Å²) in [6, 6.07) is 11.2. The van der Waals surface area contributed by atoms with Gasteiger partial charge < -0.3 is 0 Å². The molecule has 0 aliphatic carbocycles. The van der Waals surface area contributed by atoms with Gasteiger partial charge in [0.05, 0.1) is 0 Å². The summed E-state index contributed by atoms with van der Waals surface area (Å²) in [6.45, 7) is 0. The maximum Gasteiger partial charge on any atom is 0.179 e. The number of rotatable bonds is 0. The van der Waals surface area contributed by atoms with Crippen LogP contribution in [0.3, 0.4) is 0 Å². The van der Waals surface area contributed by atoms with E-state index in [1.54, 1.807) is 12.1 Å². The molecule has 0 aromatic heterocycles. The smallest absolute Gasteiger partial charge is 0.179 e. The molecule has 1 heteroatoms. The predicted molar refractivity (Wildman–Crippen MR) is 30.4 cm³/mol. The first-order chi connectivity index (χ1) is 3.89. The minimum Gasteiger partial charge on any atom is -0.290 e. The van der Waals surface area contributed by atoms with Gasteiger partial charge in [0.2, 0.25) is 0 Å². The molecular weight excluding hydrogens is 100 g/mol. The SMILES string of the molecule is O=c1ccc#ccc1. The van der Waals surface area contributed by atoms with Gasteiger partial charge in [-0.1, -0.05) is 12.1 Å². The highest BCUT2D eigenvalue weighted by Gasteiger charge is 1.68. The van der Waals surface area contributed by atoms with E-state index in [-0.39, 0.29) is 5.43 Å². The van der Waals surface area contributed by atoms with Crippen LogP contribution in [-0.4, -0.2) is 0 Å². The maximum absolute atomic E-state index is 10.4. The lowest BCUT2D eigenvalue weighted by Gasteiger charge is -1.55. The van der Waals surface area contributed by atoms with E-state index in [1.165, 1.54) is 12.1 Å². The minimum atomic E-state index is -0.0116. The van der Waals surface area contributed by atoms with Gasteiger partial charge in [0, 0.05) is 0 Å². The summed E-state index contributed by atoms with van der Waals surface area (Å²) in [6.07, 6.45) is 0. The van der Waals surface area contributed by atoms with Crippen LogP contribution in [0, 0.1) is 12.1 Å². The first kappa shape index (κ1) is 4.86. The van der Waals surface area contributed by atoms with E-state index >= 15 is 0 Å². The highest BCUT2D eigenvalue weighted by atomic mass is 16.1. The molecule has 0 heterocycles. The van der Waals surface area contributed by atoms with E-state index in [4.69, 9.17) is 0 Å². The predicted octanol–water partition coefficient (Wildman–Crippen LogP) is 0.647. The molecule has 0 amide bonds. The second kappa shape index (κ2) is 2.13. The Hall–Kier alpha value is -1.29. The van der Waals surface area contributed by atoms with Crippen molar-refractivity contribution >= 4 is 0 Å². The van der Waals surface area contributed by atoms with Crippen molar-refractivity contribution in [3.8, 4) is 0 Å². The third-order valence-corrected chi connectivity index (χ3v) is 0.745. The topological polar surface area (TPSA) is 17.1 Å². The van der Waals surface area contributed by atoms with E-state index in [2.05, 4.69) is 12.1 Å². The van der Waals surface area contributed by atoms with Crippen LogP contribution in [0.2, 0.25) is 0 Å².